The summed E-state index contributed by atoms with van der Waals surface area (Å²) in [6, 6.07) is 7.03. The maximum atomic E-state index is 11.1. The molecule has 1 aliphatic heterocycles. The Balaban J connectivity index is 1.73. The van der Waals surface area contributed by atoms with Gasteiger partial charge >= 0.3 is 5.69 Å². The van der Waals surface area contributed by atoms with E-state index in [1.807, 2.05) is 17.0 Å². The second kappa shape index (κ2) is 5.74. The van der Waals surface area contributed by atoms with Crippen molar-refractivity contribution in [2.45, 2.75) is 0 Å². The molecule has 0 saturated carbocycles. The standard InChI is InChI=1S/C14H15N5O2/c20-19(21)13-2-1-5-16-14(13)18-10-8-17(9-11-18)12-3-6-15-7-4-12/h1-7H,8-11H2. The summed E-state index contributed by atoms with van der Waals surface area (Å²) in [7, 11) is 0. The van der Waals surface area contributed by atoms with Gasteiger partial charge in [0.1, 0.15) is 0 Å². The third-order valence-corrected chi connectivity index (χ3v) is 3.57. The monoisotopic (exact) mass is 285 g/mol. The van der Waals surface area contributed by atoms with E-state index < -0.39 is 0 Å². The van der Waals surface area contributed by atoms with E-state index in [1.165, 1.54) is 6.07 Å². The lowest BCUT2D eigenvalue weighted by Crippen LogP contribution is -2.47. The van der Waals surface area contributed by atoms with E-state index in [2.05, 4.69) is 14.9 Å². The molecule has 0 amide bonds. The Morgan fingerprint density at radius 3 is 2.33 bits per heavy atom. The van der Waals surface area contributed by atoms with Crippen LogP contribution in [-0.2, 0) is 0 Å². The van der Waals surface area contributed by atoms with Crippen molar-refractivity contribution < 1.29 is 4.92 Å². The number of piperazine rings is 1. The highest BCUT2D eigenvalue weighted by Gasteiger charge is 2.24. The van der Waals surface area contributed by atoms with E-state index in [-0.39, 0.29) is 10.6 Å². The van der Waals surface area contributed by atoms with Crippen LogP contribution in [-0.4, -0.2) is 41.1 Å². The van der Waals surface area contributed by atoms with Gasteiger partial charge in [-0.25, -0.2) is 4.98 Å². The predicted molar refractivity (Wildman–Crippen MR) is 79.6 cm³/mol. The molecular weight excluding hydrogens is 270 g/mol. The van der Waals surface area contributed by atoms with E-state index in [0.29, 0.717) is 18.9 Å². The molecule has 1 fully saturated rings. The van der Waals surface area contributed by atoms with Crippen LogP contribution in [0, 0.1) is 10.1 Å². The topological polar surface area (TPSA) is 75.4 Å². The number of nitro groups is 1. The van der Waals surface area contributed by atoms with Crippen LogP contribution in [0.1, 0.15) is 0 Å². The zero-order chi connectivity index (χ0) is 14.7. The summed E-state index contributed by atoms with van der Waals surface area (Å²) in [6.07, 6.45) is 5.13. The van der Waals surface area contributed by atoms with Gasteiger partial charge in [-0.1, -0.05) is 0 Å². The number of rotatable bonds is 3. The first-order chi connectivity index (χ1) is 10.3. The Kier molecular flexibility index (Phi) is 3.63. The molecule has 21 heavy (non-hydrogen) atoms. The van der Waals surface area contributed by atoms with Gasteiger partial charge in [-0.05, 0) is 18.2 Å². The fourth-order valence-electron chi connectivity index (χ4n) is 2.51. The molecule has 0 aromatic carbocycles. The highest BCUT2D eigenvalue weighted by molar-refractivity contribution is 5.58. The molecular formula is C14H15N5O2. The van der Waals surface area contributed by atoms with Crippen molar-refractivity contribution in [3.05, 3.63) is 53.0 Å². The van der Waals surface area contributed by atoms with Gasteiger partial charge in [0.2, 0.25) is 5.82 Å². The van der Waals surface area contributed by atoms with Crippen LogP contribution in [0.25, 0.3) is 0 Å². The third-order valence-electron chi connectivity index (χ3n) is 3.57. The van der Waals surface area contributed by atoms with Gasteiger partial charge < -0.3 is 9.80 Å². The van der Waals surface area contributed by atoms with Gasteiger partial charge in [0.05, 0.1) is 4.92 Å². The van der Waals surface area contributed by atoms with E-state index in [1.54, 1.807) is 24.7 Å². The fraction of sp³-hybridized carbons (Fsp3) is 0.286. The van der Waals surface area contributed by atoms with Crippen molar-refractivity contribution >= 4 is 17.2 Å². The van der Waals surface area contributed by atoms with Crippen molar-refractivity contribution in [2.75, 3.05) is 36.0 Å². The molecule has 2 aromatic rings. The van der Waals surface area contributed by atoms with E-state index in [4.69, 9.17) is 0 Å². The maximum Gasteiger partial charge on any atom is 0.311 e. The van der Waals surface area contributed by atoms with Crippen molar-refractivity contribution in [1.82, 2.24) is 9.97 Å². The second-order valence-corrected chi connectivity index (χ2v) is 4.78. The first-order valence-electron chi connectivity index (χ1n) is 6.75. The number of anilines is 2. The number of pyridine rings is 2. The predicted octanol–water partition coefficient (Wildman–Crippen LogP) is 1.71. The summed E-state index contributed by atoms with van der Waals surface area (Å²) in [6.45, 7) is 3.02. The zero-order valence-corrected chi connectivity index (χ0v) is 11.4. The normalized spacial score (nSPS) is 15.0. The van der Waals surface area contributed by atoms with E-state index in [0.717, 1.165) is 18.8 Å². The molecule has 0 spiro atoms. The molecule has 1 saturated heterocycles. The third kappa shape index (κ3) is 2.76. The number of hydrogen-bond acceptors (Lipinski definition) is 6. The first-order valence-corrected chi connectivity index (χ1v) is 6.75. The Hall–Kier alpha value is -2.70. The Labute approximate surface area is 122 Å². The molecule has 3 rings (SSSR count). The second-order valence-electron chi connectivity index (χ2n) is 4.78. The molecule has 1 aliphatic rings. The number of nitrogens with zero attached hydrogens (tertiary/aromatic N) is 5. The molecule has 0 N–H and O–H groups in total. The molecule has 7 nitrogen and oxygen atoms in total. The van der Waals surface area contributed by atoms with Crippen LogP contribution < -0.4 is 9.80 Å². The van der Waals surface area contributed by atoms with Crippen molar-refractivity contribution in [3.63, 3.8) is 0 Å². The zero-order valence-electron chi connectivity index (χ0n) is 11.4. The van der Waals surface area contributed by atoms with Crippen molar-refractivity contribution in [1.29, 1.82) is 0 Å². The average Bonchev–Trinajstić information content (AvgIpc) is 2.56. The quantitative estimate of drug-likeness (QED) is 0.631. The smallest absolute Gasteiger partial charge is 0.311 e. The summed E-state index contributed by atoms with van der Waals surface area (Å²) in [5, 5.41) is 11.1. The maximum absolute atomic E-state index is 11.1. The summed E-state index contributed by atoms with van der Waals surface area (Å²) < 4.78 is 0. The first kappa shape index (κ1) is 13.3. The molecule has 3 heterocycles. The molecule has 0 radical (unpaired) electrons. The van der Waals surface area contributed by atoms with E-state index >= 15 is 0 Å². The lowest BCUT2D eigenvalue weighted by atomic mass is 10.2. The van der Waals surface area contributed by atoms with E-state index in [9.17, 15) is 10.1 Å². The average molecular weight is 285 g/mol. The van der Waals surface area contributed by atoms with Gasteiger partial charge in [-0.3, -0.25) is 15.1 Å². The minimum atomic E-state index is -0.377. The highest BCUT2D eigenvalue weighted by atomic mass is 16.6. The molecule has 0 aliphatic carbocycles. The molecule has 2 aromatic heterocycles. The van der Waals surface area contributed by atoms with Crippen molar-refractivity contribution in [2.24, 2.45) is 0 Å². The summed E-state index contributed by atoms with van der Waals surface area (Å²) >= 11 is 0. The largest absolute Gasteiger partial charge is 0.368 e. The lowest BCUT2D eigenvalue weighted by molar-refractivity contribution is -0.384. The fourth-order valence-corrected chi connectivity index (χ4v) is 2.51. The van der Waals surface area contributed by atoms with Gasteiger partial charge in [0, 0.05) is 56.5 Å². The van der Waals surface area contributed by atoms with Crippen LogP contribution in [0.3, 0.4) is 0 Å². The van der Waals surface area contributed by atoms with Gasteiger partial charge in [-0.2, -0.15) is 0 Å². The van der Waals surface area contributed by atoms with Gasteiger partial charge in [0.15, 0.2) is 0 Å². The number of aromatic nitrogens is 2. The Bertz CT molecular complexity index is 626. The summed E-state index contributed by atoms with van der Waals surface area (Å²) in [4.78, 5) is 23.1. The van der Waals surface area contributed by atoms with Crippen LogP contribution >= 0.6 is 0 Å². The SMILES string of the molecule is O=[N+]([O-])c1cccnc1N1CCN(c2ccncc2)CC1. The minimum absolute atomic E-state index is 0.0647. The molecule has 108 valence electrons. The van der Waals surface area contributed by atoms with Crippen LogP contribution in [0.4, 0.5) is 17.2 Å². The van der Waals surface area contributed by atoms with Crippen LogP contribution in [0.5, 0.6) is 0 Å². The van der Waals surface area contributed by atoms with Crippen molar-refractivity contribution in [3.8, 4) is 0 Å². The molecule has 0 atom stereocenters. The Morgan fingerprint density at radius 2 is 1.67 bits per heavy atom. The van der Waals surface area contributed by atoms with Gasteiger partial charge in [-0.15, -0.1) is 0 Å². The Morgan fingerprint density at radius 1 is 1.00 bits per heavy atom. The van der Waals surface area contributed by atoms with Crippen LogP contribution in [0.15, 0.2) is 42.9 Å². The lowest BCUT2D eigenvalue weighted by Gasteiger charge is -2.36. The highest BCUT2D eigenvalue weighted by Crippen LogP contribution is 2.26. The molecule has 7 heteroatoms. The van der Waals surface area contributed by atoms with Gasteiger partial charge in [0.25, 0.3) is 0 Å². The number of hydrogen-bond donors (Lipinski definition) is 0. The molecule has 0 bridgehead atoms. The van der Waals surface area contributed by atoms with Crippen LogP contribution in [0.2, 0.25) is 0 Å². The minimum Gasteiger partial charge on any atom is -0.368 e. The summed E-state index contributed by atoms with van der Waals surface area (Å²) in [5.41, 5.74) is 1.19. The summed E-state index contributed by atoms with van der Waals surface area (Å²) in [5.74, 6) is 0.455. The molecule has 0 unspecified atom stereocenters.